The molecular weight excluding hydrogens is 365 g/mol. The lowest BCUT2D eigenvalue weighted by molar-refractivity contribution is -0.189. The Kier molecular flexibility index (Phi) is 5.62. The Balaban J connectivity index is 1.67. The molecule has 1 aliphatic rings. The summed E-state index contributed by atoms with van der Waals surface area (Å²) >= 11 is 1.35. The van der Waals surface area contributed by atoms with Crippen molar-refractivity contribution in [3.05, 3.63) is 40.9 Å². The van der Waals surface area contributed by atoms with Gasteiger partial charge in [-0.15, -0.1) is 11.3 Å². The summed E-state index contributed by atoms with van der Waals surface area (Å²) in [7, 11) is 0. The minimum Gasteiger partial charge on any atom is -0.478 e. The van der Waals surface area contributed by atoms with Crippen LogP contribution in [-0.4, -0.2) is 28.3 Å². The highest BCUT2D eigenvalue weighted by Gasteiger charge is 2.45. The van der Waals surface area contributed by atoms with E-state index in [1.54, 1.807) is 23.6 Å². The summed E-state index contributed by atoms with van der Waals surface area (Å²) in [6.45, 7) is 0.270. The molecule has 1 aliphatic carbocycles. The Bertz CT molecular complexity index is 776. The molecule has 1 aromatic carbocycles. The van der Waals surface area contributed by atoms with Crippen molar-refractivity contribution in [3.8, 4) is 10.6 Å². The standard InChI is InChI=1S/C18H19F3N2O2S/c19-18(20,21)14-6-1-2-7-15(14)22-9-13-10-26-16(23-13)11-4-3-5-12(8-11)17(24)25/h3-5,8,10,14-15,22H,1-2,6-7,9H2,(H,24,25)/t14-,15+/m0/s1. The topological polar surface area (TPSA) is 62.2 Å². The number of halogens is 3. The third kappa shape index (κ3) is 4.42. The molecule has 2 atom stereocenters. The first-order valence-corrected chi connectivity index (χ1v) is 9.31. The highest BCUT2D eigenvalue weighted by molar-refractivity contribution is 7.13. The van der Waals surface area contributed by atoms with E-state index < -0.39 is 24.1 Å². The third-order valence-electron chi connectivity index (χ3n) is 4.64. The van der Waals surface area contributed by atoms with E-state index in [1.807, 2.05) is 0 Å². The number of carboxylic acids is 1. The Morgan fingerprint density at radius 2 is 2.08 bits per heavy atom. The molecule has 0 amide bonds. The van der Waals surface area contributed by atoms with Crippen LogP contribution in [0.15, 0.2) is 29.6 Å². The van der Waals surface area contributed by atoms with Gasteiger partial charge in [0.05, 0.1) is 17.2 Å². The van der Waals surface area contributed by atoms with E-state index in [0.29, 0.717) is 29.1 Å². The van der Waals surface area contributed by atoms with Gasteiger partial charge in [-0.1, -0.05) is 25.0 Å². The number of carbonyl (C=O) groups is 1. The molecule has 1 heterocycles. The van der Waals surface area contributed by atoms with E-state index in [0.717, 1.165) is 6.42 Å². The average Bonchev–Trinajstić information content (AvgIpc) is 3.08. The van der Waals surface area contributed by atoms with Gasteiger partial charge in [-0.25, -0.2) is 9.78 Å². The highest BCUT2D eigenvalue weighted by Crippen LogP contribution is 2.37. The Morgan fingerprint density at radius 1 is 1.31 bits per heavy atom. The molecule has 2 N–H and O–H groups in total. The van der Waals surface area contributed by atoms with Gasteiger partial charge in [-0.05, 0) is 25.0 Å². The first-order chi connectivity index (χ1) is 12.3. The van der Waals surface area contributed by atoms with Crippen molar-refractivity contribution < 1.29 is 23.1 Å². The maximum Gasteiger partial charge on any atom is 0.393 e. The van der Waals surface area contributed by atoms with Gasteiger partial charge in [0.25, 0.3) is 0 Å². The van der Waals surface area contributed by atoms with E-state index >= 15 is 0 Å². The second-order valence-electron chi connectivity index (χ2n) is 6.45. The highest BCUT2D eigenvalue weighted by atomic mass is 32.1. The number of thiazole rings is 1. The molecule has 0 saturated heterocycles. The number of alkyl halides is 3. The molecule has 0 bridgehead atoms. The average molecular weight is 384 g/mol. The lowest BCUT2D eigenvalue weighted by Crippen LogP contribution is -2.45. The van der Waals surface area contributed by atoms with E-state index in [4.69, 9.17) is 5.11 Å². The normalized spacial score (nSPS) is 20.9. The molecule has 8 heteroatoms. The zero-order valence-electron chi connectivity index (χ0n) is 13.9. The minimum absolute atomic E-state index is 0.172. The number of rotatable bonds is 5. The maximum absolute atomic E-state index is 13.1. The van der Waals surface area contributed by atoms with Crippen LogP contribution in [0.1, 0.15) is 41.7 Å². The molecule has 4 nitrogen and oxygen atoms in total. The predicted octanol–water partition coefficient (Wildman–Crippen LogP) is 4.72. The van der Waals surface area contributed by atoms with Crippen LogP contribution in [0.2, 0.25) is 0 Å². The summed E-state index contributed by atoms with van der Waals surface area (Å²) in [5.74, 6) is -2.32. The number of aromatic nitrogens is 1. The van der Waals surface area contributed by atoms with Gasteiger partial charge in [-0.2, -0.15) is 13.2 Å². The second kappa shape index (κ2) is 7.75. The van der Waals surface area contributed by atoms with Crippen molar-refractivity contribution in [2.24, 2.45) is 5.92 Å². The van der Waals surface area contributed by atoms with Gasteiger partial charge in [0, 0.05) is 23.5 Å². The number of nitrogens with zero attached hydrogens (tertiary/aromatic N) is 1. The van der Waals surface area contributed by atoms with Crippen LogP contribution in [0.3, 0.4) is 0 Å². The van der Waals surface area contributed by atoms with E-state index in [9.17, 15) is 18.0 Å². The molecule has 0 aliphatic heterocycles. The zero-order chi connectivity index (χ0) is 18.7. The van der Waals surface area contributed by atoms with Crippen LogP contribution in [-0.2, 0) is 6.54 Å². The van der Waals surface area contributed by atoms with Crippen molar-refractivity contribution in [1.82, 2.24) is 10.3 Å². The van der Waals surface area contributed by atoms with Gasteiger partial charge >= 0.3 is 12.1 Å². The second-order valence-corrected chi connectivity index (χ2v) is 7.31. The fraction of sp³-hybridized carbons (Fsp3) is 0.444. The Hall–Kier alpha value is -1.93. The summed E-state index contributed by atoms with van der Waals surface area (Å²) in [5.41, 5.74) is 1.52. The van der Waals surface area contributed by atoms with Crippen LogP contribution < -0.4 is 5.32 Å². The summed E-state index contributed by atoms with van der Waals surface area (Å²) in [6, 6.07) is 5.88. The number of aromatic carboxylic acids is 1. The largest absolute Gasteiger partial charge is 0.478 e. The van der Waals surface area contributed by atoms with Gasteiger partial charge < -0.3 is 10.4 Å². The van der Waals surface area contributed by atoms with Crippen molar-refractivity contribution in [3.63, 3.8) is 0 Å². The number of benzene rings is 1. The molecule has 2 aromatic rings. The number of carboxylic acid groups (broad SMARTS) is 1. The van der Waals surface area contributed by atoms with Gasteiger partial charge in [0.1, 0.15) is 5.01 Å². The fourth-order valence-electron chi connectivity index (χ4n) is 3.31. The van der Waals surface area contributed by atoms with Crippen LogP contribution in [0.25, 0.3) is 10.6 Å². The minimum atomic E-state index is -4.18. The first kappa shape index (κ1) is 18.8. The predicted molar refractivity (Wildman–Crippen MR) is 93.2 cm³/mol. The summed E-state index contributed by atoms with van der Waals surface area (Å²) in [4.78, 5) is 15.5. The molecule has 26 heavy (non-hydrogen) atoms. The van der Waals surface area contributed by atoms with Crippen molar-refractivity contribution in [2.45, 2.75) is 44.4 Å². The first-order valence-electron chi connectivity index (χ1n) is 8.43. The third-order valence-corrected chi connectivity index (χ3v) is 5.58. The molecule has 1 saturated carbocycles. The Morgan fingerprint density at radius 3 is 2.81 bits per heavy atom. The van der Waals surface area contributed by atoms with Gasteiger partial charge in [-0.3, -0.25) is 0 Å². The quantitative estimate of drug-likeness (QED) is 0.783. The van der Waals surface area contributed by atoms with Crippen LogP contribution in [0.5, 0.6) is 0 Å². The summed E-state index contributed by atoms with van der Waals surface area (Å²) in [5, 5.41) is 14.5. The fourth-order valence-corrected chi connectivity index (χ4v) is 4.13. The van der Waals surface area contributed by atoms with Crippen molar-refractivity contribution in [1.29, 1.82) is 0 Å². The number of hydrogen-bond donors (Lipinski definition) is 2. The molecule has 0 radical (unpaired) electrons. The van der Waals surface area contributed by atoms with Crippen molar-refractivity contribution >= 4 is 17.3 Å². The number of nitrogens with one attached hydrogen (secondary N) is 1. The SMILES string of the molecule is O=C(O)c1cccc(-c2nc(CN[C@@H]3CCCC[C@@H]3C(F)(F)F)cs2)c1. The van der Waals surface area contributed by atoms with Gasteiger partial charge in [0.15, 0.2) is 0 Å². The molecule has 3 rings (SSSR count). The van der Waals surface area contributed by atoms with Crippen molar-refractivity contribution in [2.75, 3.05) is 0 Å². The lowest BCUT2D eigenvalue weighted by atomic mass is 9.84. The van der Waals surface area contributed by atoms with E-state index in [-0.39, 0.29) is 18.5 Å². The molecule has 1 fully saturated rings. The zero-order valence-corrected chi connectivity index (χ0v) is 14.7. The molecule has 0 spiro atoms. The van der Waals surface area contributed by atoms with E-state index in [2.05, 4.69) is 10.3 Å². The Labute approximate surface area is 153 Å². The lowest BCUT2D eigenvalue weighted by Gasteiger charge is -2.33. The molecular formula is C18H19F3N2O2S. The summed E-state index contributed by atoms with van der Waals surface area (Å²) < 4.78 is 39.4. The summed E-state index contributed by atoms with van der Waals surface area (Å²) in [6.07, 6.45) is -2.08. The monoisotopic (exact) mass is 384 g/mol. The number of hydrogen-bond acceptors (Lipinski definition) is 4. The van der Waals surface area contributed by atoms with Crippen LogP contribution in [0, 0.1) is 5.92 Å². The smallest absolute Gasteiger partial charge is 0.393 e. The van der Waals surface area contributed by atoms with E-state index in [1.165, 1.54) is 17.4 Å². The van der Waals surface area contributed by atoms with Crippen LogP contribution in [0.4, 0.5) is 13.2 Å². The molecule has 1 aromatic heterocycles. The maximum atomic E-state index is 13.1. The molecule has 0 unspecified atom stereocenters. The van der Waals surface area contributed by atoms with Crippen LogP contribution >= 0.6 is 11.3 Å². The molecule has 140 valence electrons. The van der Waals surface area contributed by atoms with Gasteiger partial charge in [0.2, 0.25) is 0 Å².